The van der Waals surface area contributed by atoms with E-state index in [2.05, 4.69) is 10.6 Å². The maximum atomic E-state index is 14.9. The van der Waals surface area contributed by atoms with Crippen molar-refractivity contribution in [3.8, 4) is 0 Å². The van der Waals surface area contributed by atoms with Gasteiger partial charge in [-0.15, -0.1) is 0 Å². The summed E-state index contributed by atoms with van der Waals surface area (Å²) in [5.74, 6) is -5.73. The average molecular weight is 701 g/mol. The summed E-state index contributed by atoms with van der Waals surface area (Å²) in [5, 5.41) is 34.7. The second kappa shape index (κ2) is 13.5. The van der Waals surface area contributed by atoms with Crippen LogP contribution in [0.1, 0.15) is 61.9 Å². The second-order valence-corrected chi connectivity index (χ2v) is 12.0. The van der Waals surface area contributed by atoms with Crippen molar-refractivity contribution in [3.05, 3.63) is 93.5 Å². The summed E-state index contributed by atoms with van der Waals surface area (Å²) < 4.78 is 79.1. The molecule has 0 saturated carbocycles. The van der Waals surface area contributed by atoms with Crippen molar-refractivity contribution >= 4 is 48.9 Å². The lowest BCUT2D eigenvalue weighted by Crippen LogP contribution is -2.47. The number of carbonyl (C=O) groups is 4. The van der Waals surface area contributed by atoms with Crippen LogP contribution in [0.3, 0.4) is 0 Å². The molecule has 3 aromatic carbocycles. The van der Waals surface area contributed by atoms with Crippen LogP contribution >= 0.6 is 0 Å². The molecular formula is C31H26B2F5N3O9. The number of amides is 3. The van der Waals surface area contributed by atoms with Gasteiger partial charge in [0.15, 0.2) is 0 Å². The number of fused-ring (bicyclic) bond motifs is 2. The number of hydrogen-bond acceptors (Lipinski definition) is 8. The molecule has 3 amide bonds. The predicted molar refractivity (Wildman–Crippen MR) is 163 cm³/mol. The van der Waals surface area contributed by atoms with Crippen molar-refractivity contribution in [1.82, 2.24) is 15.5 Å². The zero-order valence-corrected chi connectivity index (χ0v) is 25.7. The highest BCUT2D eigenvalue weighted by Gasteiger charge is 2.43. The molecule has 1 fully saturated rings. The molecule has 5 N–H and O–H groups in total. The van der Waals surface area contributed by atoms with Crippen LogP contribution < -0.4 is 21.6 Å². The Hall–Kier alpha value is -4.84. The van der Waals surface area contributed by atoms with Gasteiger partial charge in [0, 0.05) is 34.8 Å². The van der Waals surface area contributed by atoms with E-state index in [1.807, 2.05) is 0 Å². The fraction of sp³-hybridized carbons (Fsp3) is 0.290. The van der Waals surface area contributed by atoms with Gasteiger partial charge in [-0.2, -0.15) is 13.2 Å². The third-order valence-electron chi connectivity index (χ3n) is 8.81. The maximum absolute atomic E-state index is 14.9. The van der Waals surface area contributed by atoms with Crippen molar-refractivity contribution < 1.29 is 65.6 Å². The number of carboxylic acid groups (broad SMARTS) is 1. The number of alkyl halides is 3. The molecule has 0 radical (unpaired) electrons. The number of rotatable bonds is 8. The molecule has 3 heterocycles. The van der Waals surface area contributed by atoms with Crippen LogP contribution in [0.25, 0.3) is 0 Å². The third-order valence-corrected chi connectivity index (χ3v) is 8.81. The van der Waals surface area contributed by atoms with Crippen LogP contribution in [-0.4, -0.2) is 76.6 Å². The van der Waals surface area contributed by atoms with Gasteiger partial charge >= 0.3 is 26.4 Å². The van der Waals surface area contributed by atoms with Crippen LogP contribution in [0.5, 0.6) is 0 Å². The van der Waals surface area contributed by atoms with E-state index >= 15 is 0 Å². The zero-order valence-electron chi connectivity index (χ0n) is 25.7. The Bertz CT molecular complexity index is 1880. The predicted octanol–water partition coefficient (Wildman–Crippen LogP) is 0.764. The lowest BCUT2D eigenvalue weighted by atomic mass is 9.78. The van der Waals surface area contributed by atoms with Crippen LogP contribution in [0, 0.1) is 11.6 Å². The number of carboxylic acids is 1. The first-order chi connectivity index (χ1) is 23.6. The van der Waals surface area contributed by atoms with Crippen molar-refractivity contribution in [2.24, 2.45) is 0 Å². The SMILES string of the molecule is O=C(O)C[C@H](NC(=O)[C@@H]1C[C@@H](NC(=O)c2cc(F)c3c(c2)B(O)OC3)CN1C(=O)c1cc(F)c2c(c1)B(O)OC2)c1ccc(C(F)(F)F)cc1. The van der Waals surface area contributed by atoms with E-state index in [0.29, 0.717) is 0 Å². The van der Waals surface area contributed by atoms with Crippen LogP contribution in [-0.2, 0) is 38.3 Å². The van der Waals surface area contributed by atoms with Crippen LogP contribution in [0.4, 0.5) is 22.0 Å². The van der Waals surface area contributed by atoms with Crippen molar-refractivity contribution in [3.63, 3.8) is 0 Å². The fourth-order valence-electron chi connectivity index (χ4n) is 6.27. The van der Waals surface area contributed by atoms with Crippen LogP contribution in [0.15, 0.2) is 48.5 Å². The molecule has 260 valence electrons. The summed E-state index contributed by atoms with van der Waals surface area (Å²) in [7, 11) is -2.98. The first-order valence-corrected chi connectivity index (χ1v) is 15.2. The highest BCUT2D eigenvalue weighted by Crippen LogP contribution is 2.31. The Morgan fingerprint density at radius 2 is 1.46 bits per heavy atom. The Balaban J connectivity index is 1.28. The minimum absolute atomic E-state index is 0.00738. The number of likely N-dealkylation sites (tertiary alicyclic amines) is 1. The number of carbonyl (C=O) groups excluding carboxylic acids is 3. The Morgan fingerprint density at radius 1 is 0.900 bits per heavy atom. The number of nitrogens with one attached hydrogen (secondary N) is 2. The minimum Gasteiger partial charge on any atom is -0.481 e. The summed E-state index contributed by atoms with van der Waals surface area (Å²) in [6, 6.07) is 3.95. The highest BCUT2D eigenvalue weighted by atomic mass is 19.4. The molecule has 6 rings (SSSR count). The smallest absolute Gasteiger partial charge is 0.481 e. The van der Waals surface area contributed by atoms with Crippen molar-refractivity contribution in [1.29, 1.82) is 0 Å². The van der Waals surface area contributed by atoms with Gasteiger partial charge in [0.2, 0.25) is 5.91 Å². The van der Waals surface area contributed by atoms with Crippen LogP contribution in [0.2, 0.25) is 0 Å². The topological polar surface area (TPSA) is 175 Å². The molecule has 3 aliphatic heterocycles. The lowest BCUT2D eigenvalue weighted by molar-refractivity contribution is -0.139. The largest absolute Gasteiger partial charge is 0.491 e. The Kier molecular flexibility index (Phi) is 9.43. The molecule has 12 nitrogen and oxygen atoms in total. The molecule has 0 aliphatic carbocycles. The normalized spacial score (nSPS) is 18.9. The van der Waals surface area contributed by atoms with Gasteiger partial charge in [0.05, 0.1) is 31.2 Å². The number of nitrogens with zero attached hydrogens (tertiary/aromatic N) is 1. The quantitative estimate of drug-likeness (QED) is 0.168. The van der Waals surface area contributed by atoms with E-state index < -0.39 is 85.8 Å². The summed E-state index contributed by atoms with van der Waals surface area (Å²) in [6.45, 7) is -0.799. The lowest BCUT2D eigenvalue weighted by Gasteiger charge is -2.26. The Labute approximate surface area is 280 Å². The van der Waals surface area contributed by atoms with Gasteiger partial charge in [-0.05, 0) is 59.3 Å². The van der Waals surface area contributed by atoms with Gasteiger partial charge in [0.1, 0.15) is 17.7 Å². The number of hydrogen-bond donors (Lipinski definition) is 5. The maximum Gasteiger partial charge on any atom is 0.491 e. The first kappa shape index (κ1) is 35.0. The first-order valence-electron chi connectivity index (χ1n) is 15.2. The number of benzene rings is 3. The summed E-state index contributed by atoms with van der Waals surface area (Å²) >= 11 is 0. The van der Waals surface area contributed by atoms with E-state index in [9.17, 15) is 56.3 Å². The minimum atomic E-state index is -4.67. The van der Waals surface area contributed by atoms with Gasteiger partial charge in [-0.3, -0.25) is 19.2 Å². The Morgan fingerprint density at radius 3 is 2.02 bits per heavy atom. The molecule has 19 heteroatoms. The van der Waals surface area contributed by atoms with E-state index in [1.54, 1.807) is 0 Å². The van der Waals surface area contributed by atoms with E-state index in [-0.39, 0.29) is 64.9 Å². The molecule has 3 aromatic rings. The molecule has 0 spiro atoms. The number of aliphatic carboxylic acids is 1. The number of halogens is 5. The van der Waals surface area contributed by atoms with Gasteiger partial charge < -0.3 is 40.0 Å². The van der Waals surface area contributed by atoms with E-state index in [4.69, 9.17) is 9.31 Å². The molecule has 3 atom stereocenters. The fourth-order valence-corrected chi connectivity index (χ4v) is 6.27. The molecular weight excluding hydrogens is 675 g/mol. The average Bonchev–Trinajstić information content (AvgIpc) is 3.77. The molecule has 0 unspecified atom stereocenters. The van der Waals surface area contributed by atoms with E-state index in [0.717, 1.165) is 41.3 Å². The summed E-state index contributed by atoms with van der Waals surface area (Å²) in [6.07, 6.45) is -5.69. The zero-order chi connectivity index (χ0) is 36.1. The van der Waals surface area contributed by atoms with Gasteiger partial charge in [0.25, 0.3) is 11.8 Å². The summed E-state index contributed by atoms with van der Waals surface area (Å²) in [5.41, 5.74) is -1.32. The standard InChI is InChI=1S/C31H26B2F5N3O9/c34-23-7-15(5-21-19(23)12-49-32(21)47)28(44)39-18-9-26(41(11-18)30(46)16-6-22-20(24(35)8-16)13-50-33(22)48)29(45)40-25(10-27(42)43)14-1-3-17(4-2-14)31(36,37)38/h1-8,18,25-26,47-48H,9-13H2,(H,39,44)(H,40,45)(H,42,43)/t18-,25+,26+/m1/s1. The van der Waals surface area contributed by atoms with Crippen molar-refractivity contribution in [2.75, 3.05) is 6.54 Å². The van der Waals surface area contributed by atoms with E-state index in [1.165, 1.54) is 12.1 Å². The van der Waals surface area contributed by atoms with Gasteiger partial charge in [-0.25, -0.2) is 8.78 Å². The molecule has 1 saturated heterocycles. The monoisotopic (exact) mass is 701 g/mol. The second-order valence-electron chi connectivity index (χ2n) is 12.0. The molecule has 0 aromatic heterocycles. The third kappa shape index (κ3) is 6.94. The molecule has 0 bridgehead atoms. The molecule has 50 heavy (non-hydrogen) atoms. The molecule has 3 aliphatic rings. The van der Waals surface area contributed by atoms with Crippen molar-refractivity contribution in [2.45, 2.75) is 50.4 Å². The summed E-state index contributed by atoms with van der Waals surface area (Å²) in [4.78, 5) is 53.5. The van der Waals surface area contributed by atoms with Gasteiger partial charge in [-0.1, -0.05) is 12.1 Å². The highest BCUT2D eigenvalue weighted by molar-refractivity contribution is 6.62.